The van der Waals surface area contributed by atoms with Gasteiger partial charge in [-0.15, -0.1) is 11.3 Å². The Bertz CT molecular complexity index is 1680. The fourth-order valence-corrected chi connectivity index (χ4v) is 7.37. The van der Waals surface area contributed by atoms with E-state index in [9.17, 15) is 24.6 Å². The van der Waals surface area contributed by atoms with Crippen molar-refractivity contribution in [2.45, 2.75) is 90.8 Å². The summed E-state index contributed by atoms with van der Waals surface area (Å²) in [4.78, 5) is 50.2. The van der Waals surface area contributed by atoms with Crippen molar-refractivity contribution in [3.8, 4) is 11.5 Å². The standard InChI is InChI=1S/C38H52N6O7S/c1-24(2)34(44(37(48)49)19-28-22-52-25(3)39-28)36(47)40-29(16-26-10-8-7-9-11-26)31(45)21-43-15-14-42(20-30(43)35(46)41-38(4,5)6)18-27-12-13-32-33(17-27)51-23-50-32/h7-13,17,22,24,29-31,34,45H,14-16,18-21,23H2,1-6H3,(H,40,47)(H,41,46)(H,48,49)/t29-,30-,31-,34-/m0/s1. The first-order valence-corrected chi connectivity index (χ1v) is 18.6. The molecule has 52 heavy (non-hydrogen) atoms. The maximum Gasteiger partial charge on any atom is 0.408 e. The van der Waals surface area contributed by atoms with E-state index >= 15 is 0 Å². The number of carbonyl (C=O) groups excluding carboxylic acids is 2. The van der Waals surface area contributed by atoms with E-state index in [1.165, 1.54) is 11.3 Å². The van der Waals surface area contributed by atoms with E-state index in [-0.39, 0.29) is 31.7 Å². The lowest BCUT2D eigenvalue weighted by molar-refractivity contribution is -0.133. The normalized spacial score (nSPS) is 18.1. The molecule has 282 valence electrons. The number of hydrogen-bond acceptors (Lipinski definition) is 10. The van der Waals surface area contributed by atoms with Gasteiger partial charge in [0.15, 0.2) is 11.5 Å². The highest BCUT2D eigenvalue weighted by Crippen LogP contribution is 2.33. The van der Waals surface area contributed by atoms with Gasteiger partial charge in [0.25, 0.3) is 0 Å². The van der Waals surface area contributed by atoms with Crippen LogP contribution in [0.15, 0.2) is 53.9 Å². The summed E-state index contributed by atoms with van der Waals surface area (Å²) in [5.74, 6) is 0.408. The second kappa shape index (κ2) is 17.1. The van der Waals surface area contributed by atoms with Crippen LogP contribution in [0.5, 0.6) is 11.5 Å². The first-order chi connectivity index (χ1) is 24.7. The zero-order chi connectivity index (χ0) is 37.6. The number of hydrogen-bond donors (Lipinski definition) is 4. The van der Waals surface area contributed by atoms with E-state index in [4.69, 9.17) is 9.47 Å². The SMILES string of the molecule is Cc1nc(CN(C(=O)O)[C@H](C(=O)N[C@@H](Cc2ccccc2)[C@@H](O)CN2CCN(Cc3ccc4c(c3)OCO4)C[C@H]2C(=O)NC(C)(C)C)C(C)C)cs1. The molecular weight excluding hydrogens is 685 g/mol. The molecule has 0 spiro atoms. The quantitative estimate of drug-likeness (QED) is 0.192. The molecule has 1 fully saturated rings. The fourth-order valence-electron chi connectivity index (χ4n) is 6.77. The summed E-state index contributed by atoms with van der Waals surface area (Å²) in [5, 5.41) is 30.9. The van der Waals surface area contributed by atoms with Crippen molar-refractivity contribution < 1.29 is 34.1 Å². The summed E-state index contributed by atoms with van der Waals surface area (Å²) in [5.41, 5.74) is 2.04. The van der Waals surface area contributed by atoms with E-state index in [0.717, 1.165) is 21.0 Å². The molecule has 1 saturated heterocycles. The van der Waals surface area contributed by atoms with Crippen LogP contribution >= 0.6 is 11.3 Å². The van der Waals surface area contributed by atoms with Crippen molar-refractivity contribution in [2.75, 3.05) is 33.0 Å². The Morgan fingerprint density at radius 3 is 2.44 bits per heavy atom. The van der Waals surface area contributed by atoms with Crippen LogP contribution < -0.4 is 20.1 Å². The largest absolute Gasteiger partial charge is 0.465 e. The monoisotopic (exact) mass is 736 g/mol. The average molecular weight is 737 g/mol. The Kier molecular flexibility index (Phi) is 12.8. The molecule has 2 aliphatic heterocycles. The van der Waals surface area contributed by atoms with Crippen LogP contribution in [0.25, 0.3) is 0 Å². The third-order valence-electron chi connectivity index (χ3n) is 9.21. The Morgan fingerprint density at radius 1 is 1.06 bits per heavy atom. The molecule has 5 rings (SSSR count). The number of piperazine rings is 1. The lowest BCUT2D eigenvalue weighted by Gasteiger charge is -2.43. The Balaban J connectivity index is 1.35. The van der Waals surface area contributed by atoms with E-state index < -0.39 is 41.8 Å². The number of carbonyl (C=O) groups is 3. The number of nitrogens with zero attached hydrogens (tertiary/aromatic N) is 4. The predicted molar refractivity (Wildman–Crippen MR) is 198 cm³/mol. The molecule has 0 saturated carbocycles. The maximum absolute atomic E-state index is 14.1. The number of amides is 3. The number of aliphatic hydroxyl groups excluding tert-OH is 1. The first-order valence-electron chi connectivity index (χ1n) is 17.8. The third-order valence-corrected chi connectivity index (χ3v) is 10.0. The van der Waals surface area contributed by atoms with Gasteiger partial charge >= 0.3 is 6.09 Å². The summed E-state index contributed by atoms with van der Waals surface area (Å²) in [6.45, 7) is 13.7. The molecule has 3 aromatic rings. The van der Waals surface area contributed by atoms with E-state index in [1.807, 2.05) is 81.1 Å². The van der Waals surface area contributed by atoms with Gasteiger partial charge in [-0.25, -0.2) is 9.78 Å². The van der Waals surface area contributed by atoms with Gasteiger partial charge in [0, 0.05) is 43.6 Å². The topological polar surface area (TPSA) is 157 Å². The number of ether oxygens (including phenoxy) is 2. The average Bonchev–Trinajstić information content (AvgIpc) is 3.72. The maximum atomic E-state index is 14.1. The van der Waals surface area contributed by atoms with Gasteiger partial charge in [-0.3, -0.25) is 24.3 Å². The number of nitrogens with one attached hydrogen (secondary N) is 2. The van der Waals surface area contributed by atoms with Gasteiger partial charge in [-0.05, 0) is 63.3 Å². The van der Waals surface area contributed by atoms with Gasteiger partial charge in [-0.1, -0.05) is 50.2 Å². The molecule has 13 nitrogen and oxygen atoms in total. The smallest absolute Gasteiger partial charge is 0.408 e. The number of benzene rings is 2. The molecule has 2 aromatic carbocycles. The van der Waals surface area contributed by atoms with Crippen molar-refractivity contribution in [3.63, 3.8) is 0 Å². The zero-order valence-electron chi connectivity index (χ0n) is 30.9. The minimum absolute atomic E-state index is 0.0387. The second-order valence-electron chi connectivity index (χ2n) is 15.0. The number of aryl methyl sites for hydroxylation is 1. The Labute approximate surface area is 309 Å². The van der Waals surface area contributed by atoms with Crippen LogP contribution in [0.2, 0.25) is 0 Å². The number of thiazole rings is 1. The molecule has 1 aromatic heterocycles. The molecule has 4 atom stereocenters. The van der Waals surface area contributed by atoms with Crippen molar-refractivity contribution in [1.82, 2.24) is 30.3 Å². The summed E-state index contributed by atoms with van der Waals surface area (Å²) >= 11 is 1.42. The van der Waals surface area contributed by atoms with Crippen LogP contribution in [0.4, 0.5) is 4.79 Å². The van der Waals surface area contributed by atoms with Gasteiger partial charge in [0.05, 0.1) is 29.4 Å². The molecule has 4 N–H and O–H groups in total. The van der Waals surface area contributed by atoms with Crippen molar-refractivity contribution in [1.29, 1.82) is 0 Å². The van der Waals surface area contributed by atoms with E-state index in [1.54, 1.807) is 19.2 Å². The minimum Gasteiger partial charge on any atom is -0.465 e. The van der Waals surface area contributed by atoms with E-state index in [2.05, 4.69) is 20.5 Å². The number of aromatic nitrogens is 1. The molecule has 0 radical (unpaired) electrons. The molecule has 0 bridgehead atoms. The van der Waals surface area contributed by atoms with Crippen LogP contribution in [0.1, 0.15) is 56.4 Å². The molecule has 3 amide bonds. The highest BCUT2D eigenvalue weighted by atomic mass is 32.1. The van der Waals surface area contributed by atoms with Gasteiger partial charge in [0.2, 0.25) is 18.6 Å². The highest BCUT2D eigenvalue weighted by molar-refractivity contribution is 7.09. The fraction of sp³-hybridized carbons (Fsp3) is 0.526. The minimum atomic E-state index is -1.23. The number of fused-ring (bicyclic) bond motifs is 1. The first kappa shape index (κ1) is 39.0. The van der Waals surface area contributed by atoms with Crippen LogP contribution in [0, 0.1) is 12.8 Å². The van der Waals surface area contributed by atoms with Gasteiger partial charge in [0.1, 0.15) is 12.1 Å². The molecular formula is C38H52N6O7S. The van der Waals surface area contributed by atoms with Crippen molar-refractivity contribution in [2.24, 2.45) is 5.92 Å². The number of β-amino-alcohol motifs (C(OH)–C–C–N with tert-alkyl or cyclic N) is 1. The second-order valence-corrected chi connectivity index (χ2v) is 16.1. The Morgan fingerprint density at radius 2 is 1.79 bits per heavy atom. The molecule has 3 heterocycles. The molecule has 14 heteroatoms. The molecule has 0 aliphatic carbocycles. The van der Waals surface area contributed by atoms with Crippen LogP contribution in [-0.4, -0.2) is 111 Å². The summed E-state index contributed by atoms with van der Waals surface area (Å²) in [6.07, 6.45) is -2.01. The summed E-state index contributed by atoms with van der Waals surface area (Å²) in [6, 6.07) is 13.0. The van der Waals surface area contributed by atoms with Crippen LogP contribution in [0.3, 0.4) is 0 Å². The Hall–Kier alpha value is -4.24. The van der Waals surface area contributed by atoms with Crippen LogP contribution in [-0.2, 0) is 29.1 Å². The number of carboxylic acid groups (broad SMARTS) is 1. The predicted octanol–water partition coefficient (Wildman–Crippen LogP) is 3.87. The van der Waals surface area contributed by atoms with Crippen molar-refractivity contribution in [3.05, 3.63) is 75.7 Å². The zero-order valence-corrected chi connectivity index (χ0v) is 31.7. The summed E-state index contributed by atoms with van der Waals surface area (Å²) < 4.78 is 11.0. The van der Waals surface area contributed by atoms with Gasteiger partial charge < -0.3 is 30.3 Å². The molecule has 0 unspecified atom stereocenters. The number of rotatable bonds is 14. The lowest BCUT2D eigenvalue weighted by atomic mass is 9.97. The highest BCUT2D eigenvalue weighted by Gasteiger charge is 2.39. The van der Waals surface area contributed by atoms with E-state index in [0.29, 0.717) is 49.8 Å². The number of aliphatic hydroxyl groups is 1. The van der Waals surface area contributed by atoms with Gasteiger partial charge in [-0.2, -0.15) is 0 Å². The summed E-state index contributed by atoms with van der Waals surface area (Å²) in [7, 11) is 0. The lowest BCUT2D eigenvalue weighted by Crippen LogP contribution is -2.63. The molecule has 2 aliphatic rings. The van der Waals surface area contributed by atoms with Crippen molar-refractivity contribution >= 4 is 29.2 Å². The third kappa shape index (κ3) is 10.4.